The maximum Gasteiger partial charge on any atom is 0.243 e. The summed E-state index contributed by atoms with van der Waals surface area (Å²) >= 11 is 5.83. The largest absolute Gasteiger partial charge is 0.300 e. The van der Waals surface area contributed by atoms with Gasteiger partial charge in [-0.25, -0.2) is 8.42 Å². The molecular formula is C15H21ClN2O2S. The van der Waals surface area contributed by atoms with Crippen LogP contribution in [-0.4, -0.2) is 49.8 Å². The highest BCUT2D eigenvalue weighted by molar-refractivity contribution is 7.89. The van der Waals surface area contributed by atoms with Crippen molar-refractivity contribution in [1.29, 1.82) is 0 Å². The van der Waals surface area contributed by atoms with Crippen LogP contribution in [0, 0.1) is 0 Å². The van der Waals surface area contributed by atoms with E-state index in [2.05, 4.69) is 4.90 Å². The van der Waals surface area contributed by atoms with Crippen molar-refractivity contribution in [2.24, 2.45) is 0 Å². The van der Waals surface area contributed by atoms with E-state index in [4.69, 9.17) is 11.6 Å². The lowest BCUT2D eigenvalue weighted by Gasteiger charge is -2.36. The molecule has 21 heavy (non-hydrogen) atoms. The van der Waals surface area contributed by atoms with E-state index in [9.17, 15) is 8.42 Å². The smallest absolute Gasteiger partial charge is 0.243 e. The first-order valence-corrected chi connectivity index (χ1v) is 9.39. The van der Waals surface area contributed by atoms with Crippen molar-refractivity contribution in [3.8, 4) is 0 Å². The van der Waals surface area contributed by atoms with Gasteiger partial charge in [0.05, 0.1) is 4.90 Å². The summed E-state index contributed by atoms with van der Waals surface area (Å²) in [6.45, 7) is 3.58. The molecule has 0 unspecified atom stereocenters. The van der Waals surface area contributed by atoms with Crippen molar-refractivity contribution in [1.82, 2.24) is 9.21 Å². The average molecular weight is 329 g/mol. The molecule has 0 aromatic heterocycles. The zero-order valence-electron chi connectivity index (χ0n) is 12.0. The molecule has 0 N–H and O–H groups in total. The van der Waals surface area contributed by atoms with E-state index < -0.39 is 10.0 Å². The van der Waals surface area contributed by atoms with Crippen LogP contribution in [0.3, 0.4) is 0 Å². The monoisotopic (exact) mass is 328 g/mol. The van der Waals surface area contributed by atoms with Gasteiger partial charge in [0.15, 0.2) is 0 Å². The van der Waals surface area contributed by atoms with E-state index in [0.29, 0.717) is 29.0 Å². The average Bonchev–Trinajstić information content (AvgIpc) is 3.02. The Labute approximate surface area is 131 Å². The summed E-state index contributed by atoms with van der Waals surface area (Å²) in [5.74, 6) is 0. The number of likely N-dealkylation sites (tertiary alicyclic amines) is 1. The Bertz CT molecular complexity index is 574. The van der Waals surface area contributed by atoms with E-state index in [1.807, 2.05) is 0 Å². The van der Waals surface area contributed by atoms with Crippen LogP contribution in [0.4, 0.5) is 0 Å². The van der Waals surface area contributed by atoms with Crippen molar-refractivity contribution >= 4 is 21.6 Å². The van der Waals surface area contributed by atoms with Gasteiger partial charge in [0, 0.05) is 24.2 Å². The highest BCUT2D eigenvalue weighted by Gasteiger charge is 2.32. The molecule has 0 radical (unpaired) electrons. The Morgan fingerprint density at radius 3 is 2.10 bits per heavy atom. The molecule has 4 nitrogen and oxygen atoms in total. The topological polar surface area (TPSA) is 40.6 Å². The van der Waals surface area contributed by atoms with E-state index in [0.717, 1.165) is 12.8 Å². The van der Waals surface area contributed by atoms with Crippen molar-refractivity contribution in [3.63, 3.8) is 0 Å². The molecule has 0 spiro atoms. The third kappa shape index (κ3) is 3.26. The molecule has 0 amide bonds. The minimum atomic E-state index is -3.37. The minimum Gasteiger partial charge on any atom is -0.300 e. The number of halogens is 1. The Balaban J connectivity index is 1.66. The molecule has 2 aliphatic heterocycles. The predicted molar refractivity (Wildman–Crippen MR) is 84.0 cm³/mol. The van der Waals surface area contributed by atoms with Crippen LogP contribution < -0.4 is 0 Å². The number of rotatable bonds is 3. The van der Waals surface area contributed by atoms with E-state index in [-0.39, 0.29) is 0 Å². The SMILES string of the molecule is O=S(=O)(c1ccc(Cl)cc1)N1CCC(N2CCCC2)CC1. The van der Waals surface area contributed by atoms with Crippen LogP contribution in [-0.2, 0) is 10.0 Å². The molecule has 0 aliphatic carbocycles. The molecule has 1 aromatic rings. The minimum absolute atomic E-state index is 0.339. The molecule has 2 fully saturated rings. The highest BCUT2D eigenvalue weighted by atomic mass is 35.5. The van der Waals surface area contributed by atoms with Gasteiger partial charge in [0.1, 0.15) is 0 Å². The Hall–Kier alpha value is -0.620. The Morgan fingerprint density at radius 2 is 1.52 bits per heavy atom. The van der Waals surface area contributed by atoms with Crippen molar-refractivity contribution < 1.29 is 8.42 Å². The fourth-order valence-electron chi connectivity index (χ4n) is 3.31. The number of piperidine rings is 1. The van der Waals surface area contributed by atoms with Gasteiger partial charge in [-0.2, -0.15) is 4.31 Å². The van der Waals surface area contributed by atoms with Crippen molar-refractivity contribution in [2.75, 3.05) is 26.2 Å². The van der Waals surface area contributed by atoms with Crippen molar-refractivity contribution in [2.45, 2.75) is 36.6 Å². The summed E-state index contributed by atoms with van der Waals surface area (Å²) in [7, 11) is -3.37. The molecule has 2 aliphatic rings. The molecule has 3 rings (SSSR count). The van der Waals surface area contributed by atoms with Gasteiger partial charge in [-0.05, 0) is 63.0 Å². The first-order chi connectivity index (χ1) is 10.1. The van der Waals surface area contributed by atoms with Crippen LogP contribution in [0.25, 0.3) is 0 Å². The van der Waals surface area contributed by atoms with Gasteiger partial charge in [-0.3, -0.25) is 0 Å². The number of nitrogens with zero attached hydrogens (tertiary/aromatic N) is 2. The normalized spacial score (nSPS) is 22.7. The Kier molecular flexibility index (Phi) is 4.54. The number of hydrogen-bond acceptors (Lipinski definition) is 3. The zero-order chi connectivity index (χ0) is 14.9. The number of hydrogen-bond donors (Lipinski definition) is 0. The van der Waals surface area contributed by atoms with Gasteiger partial charge < -0.3 is 4.90 Å². The first kappa shape index (κ1) is 15.3. The third-order valence-electron chi connectivity index (χ3n) is 4.53. The number of benzene rings is 1. The van der Waals surface area contributed by atoms with Gasteiger partial charge in [0.2, 0.25) is 10.0 Å². The second-order valence-electron chi connectivity index (χ2n) is 5.83. The molecule has 6 heteroatoms. The zero-order valence-corrected chi connectivity index (χ0v) is 13.6. The first-order valence-electron chi connectivity index (χ1n) is 7.57. The van der Waals surface area contributed by atoms with Crippen LogP contribution in [0.15, 0.2) is 29.2 Å². The number of sulfonamides is 1. The van der Waals surface area contributed by atoms with Crippen LogP contribution in [0.1, 0.15) is 25.7 Å². The third-order valence-corrected chi connectivity index (χ3v) is 6.70. The highest BCUT2D eigenvalue weighted by Crippen LogP contribution is 2.25. The molecule has 116 valence electrons. The molecule has 1 aromatic carbocycles. The summed E-state index contributed by atoms with van der Waals surface area (Å²) in [5.41, 5.74) is 0. The maximum absolute atomic E-state index is 12.6. The summed E-state index contributed by atoms with van der Waals surface area (Å²) < 4.78 is 26.8. The standard InChI is InChI=1S/C15H21ClN2O2S/c16-13-3-5-15(6-4-13)21(19,20)18-11-7-14(8-12-18)17-9-1-2-10-17/h3-6,14H,1-2,7-12H2. The molecule has 0 saturated carbocycles. The Morgan fingerprint density at radius 1 is 0.952 bits per heavy atom. The summed E-state index contributed by atoms with van der Waals surface area (Å²) in [6.07, 6.45) is 4.44. The van der Waals surface area contributed by atoms with Crippen LogP contribution >= 0.6 is 11.6 Å². The summed E-state index contributed by atoms with van der Waals surface area (Å²) in [6, 6.07) is 7.00. The van der Waals surface area contributed by atoms with E-state index >= 15 is 0 Å². The van der Waals surface area contributed by atoms with Gasteiger partial charge in [-0.1, -0.05) is 11.6 Å². The molecule has 0 bridgehead atoms. The maximum atomic E-state index is 12.6. The molecule has 0 atom stereocenters. The fraction of sp³-hybridized carbons (Fsp3) is 0.600. The van der Waals surface area contributed by atoms with Crippen LogP contribution in [0.5, 0.6) is 0 Å². The quantitative estimate of drug-likeness (QED) is 0.856. The second kappa shape index (κ2) is 6.24. The molecular weight excluding hydrogens is 308 g/mol. The lowest BCUT2D eigenvalue weighted by Crippen LogP contribution is -2.45. The molecule has 2 saturated heterocycles. The second-order valence-corrected chi connectivity index (χ2v) is 8.21. The van der Waals surface area contributed by atoms with Gasteiger partial charge in [0.25, 0.3) is 0 Å². The summed E-state index contributed by atoms with van der Waals surface area (Å²) in [4.78, 5) is 2.86. The van der Waals surface area contributed by atoms with Gasteiger partial charge >= 0.3 is 0 Å². The van der Waals surface area contributed by atoms with Crippen LogP contribution in [0.2, 0.25) is 5.02 Å². The predicted octanol–water partition coefficient (Wildman–Crippen LogP) is 2.59. The lowest BCUT2D eigenvalue weighted by atomic mass is 10.1. The van der Waals surface area contributed by atoms with E-state index in [1.165, 1.54) is 25.9 Å². The molecule has 2 heterocycles. The van der Waals surface area contributed by atoms with Crippen molar-refractivity contribution in [3.05, 3.63) is 29.3 Å². The lowest BCUT2D eigenvalue weighted by molar-refractivity contribution is 0.168. The van der Waals surface area contributed by atoms with E-state index in [1.54, 1.807) is 28.6 Å². The van der Waals surface area contributed by atoms with Gasteiger partial charge in [-0.15, -0.1) is 0 Å². The summed E-state index contributed by atoms with van der Waals surface area (Å²) in [5, 5.41) is 0.557. The fourth-order valence-corrected chi connectivity index (χ4v) is 4.91.